The fourth-order valence-electron chi connectivity index (χ4n) is 3.02. The molecule has 0 heterocycles. The number of rotatable bonds is 4. The van der Waals surface area contributed by atoms with Crippen molar-refractivity contribution in [2.75, 3.05) is 0 Å². The molecule has 0 saturated carbocycles. The molecular weight excluding hydrogens is 393 g/mol. The van der Waals surface area contributed by atoms with E-state index in [0.29, 0.717) is 17.5 Å². The molecular formula is C18H15BrFNO4. The number of amides is 1. The van der Waals surface area contributed by atoms with Crippen molar-refractivity contribution in [3.8, 4) is 0 Å². The number of hydrogen-bond acceptors (Lipinski definition) is 3. The maximum absolute atomic E-state index is 13.7. The van der Waals surface area contributed by atoms with E-state index in [1.54, 1.807) is 12.1 Å². The monoisotopic (exact) mass is 407 g/mol. The predicted molar refractivity (Wildman–Crippen MR) is 91.5 cm³/mol. The van der Waals surface area contributed by atoms with Gasteiger partial charge in [0, 0.05) is 0 Å². The lowest BCUT2D eigenvalue weighted by Crippen LogP contribution is -2.50. The number of carbonyl (C=O) groups is 2. The molecule has 3 rings (SSSR count). The Balaban J connectivity index is 1.81. The predicted octanol–water partition coefficient (Wildman–Crippen LogP) is 3.74. The summed E-state index contributed by atoms with van der Waals surface area (Å²) in [6, 6.07) is 11.6. The lowest BCUT2D eigenvalue weighted by molar-refractivity contribution is -0.145. The first kappa shape index (κ1) is 17.4. The van der Waals surface area contributed by atoms with Crippen molar-refractivity contribution in [2.24, 2.45) is 0 Å². The number of halogens is 2. The maximum atomic E-state index is 13.7. The highest BCUT2D eigenvalue weighted by Crippen LogP contribution is 2.41. The molecule has 0 bridgehead atoms. The van der Waals surface area contributed by atoms with Gasteiger partial charge in [-0.2, -0.15) is 0 Å². The van der Waals surface area contributed by atoms with Gasteiger partial charge in [0.2, 0.25) is 0 Å². The van der Waals surface area contributed by atoms with Gasteiger partial charge in [-0.25, -0.2) is 14.0 Å². The van der Waals surface area contributed by atoms with Crippen LogP contribution in [0.5, 0.6) is 0 Å². The smallest absolute Gasteiger partial charge is 0.408 e. The third-order valence-corrected chi connectivity index (χ3v) is 5.16. The van der Waals surface area contributed by atoms with E-state index in [1.165, 1.54) is 12.1 Å². The van der Waals surface area contributed by atoms with Crippen LogP contribution in [0.25, 0.3) is 0 Å². The SMILES string of the molecule is O=C(NC1(C(=O)O)CCc2c1ccc(F)c2Br)OCc1ccccc1. The summed E-state index contributed by atoms with van der Waals surface area (Å²) in [5.41, 5.74) is 0.0774. The van der Waals surface area contributed by atoms with Crippen molar-refractivity contribution in [3.05, 3.63) is 69.4 Å². The van der Waals surface area contributed by atoms with Crippen LogP contribution in [0.1, 0.15) is 23.1 Å². The standard InChI is InChI=1S/C18H15BrFNO4/c19-15-12-8-9-18(16(22)23,13(12)6-7-14(15)20)21-17(24)25-10-11-4-2-1-3-5-11/h1-7H,8-10H2,(H,21,24)(H,22,23). The Morgan fingerprint density at radius 1 is 1.24 bits per heavy atom. The molecule has 0 saturated heterocycles. The van der Waals surface area contributed by atoms with Crippen molar-refractivity contribution in [2.45, 2.75) is 25.0 Å². The van der Waals surface area contributed by atoms with Crippen molar-refractivity contribution >= 4 is 28.0 Å². The minimum atomic E-state index is -1.63. The first-order valence-corrected chi connectivity index (χ1v) is 8.43. The van der Waals surface area contributed by atoms with Gasteiger partial charge in [0.05, 0.1) is 4.47 Å². The average Bonchev–Trinajstić information content (AvgIpc) is 2.98. The Morgan fingerprint density at radius 3 is 2.64 bits per heavy atom. The Labute approximate surface area is 151 Å². The number of aliphatic carboxylic acids is 1. The van der Waals surface area contributed by atoms with Gasteiger partial charge in [-0.05, 0) is 51.5 Å². The van der Waals surface area contributed by atoms with E-state index in [9.17, 15) is 19.1 Å². The first-order valence-electron chi connectivity index (χ1n) is 7.63. The molecule has 0 spiro atoms. The molecule has 25 heavy (non-hydrogen) atoms. The molecule has 1 aliphatic rings. The summed E-state index contributed by atoms with van der Waals surface area (Å²) in [4.78, 5) is 24.1. The highest BCUT2D eigenvalue weighted by atomic mass is 79.9. The number of hydrogen-bond donors (Lipinski definition) is 2. The Kier molecular flexibility index (Phi) is 4.76. The summed E-state index contributed by atoms with van der Waals surface area (Å²) in [6.07, 6.45) is -0.376. The van der Waals surface area contributed by atoms with E-state index in [0.717, 1.165) is 5.56 Å². The van der Waals surface area contributed by atoms with Gasteiger partial charge in [0.15, 0.2) is 5.54 Å². The van der Waals surface area contributed by atoms with E-state index >= 15 is 0 Å². The highest BCUT2D eigenvalue weighted by molar-refractivity contribution is 9.10. The van der Waals surface area contributed by atoms with Gasteiger partial charge in [0.25, 0.3) is 0 Å². The maximum Gasteiger partial charge on any atom is 0.408 e. The highest BCUT2D eigenvalue weighted by Gasteiger charge is 2.48. The molecule has 0 aliphatic heterocycles. The lowest BCUT2D eigenvalue weighted by atomic mass is 9.92. The van der Waals surface area contributed by atoms with Crippen LogP contribution in [0.15, 0.2) is 46.9 Å². The van der Waals surface area contributed by atoms with Crippen molar-refractivity contribution in [1.82, 2.24) is 5.32 Å². The Hall–Kier alpha value is -2.41. The molecule has 1 unspecified atom stereocenters. The molecule has 0 fully saturated rings. The number of fused-ring (bicyclic) bond motifs is 1. The largest absolute Gasteiger partial charge is 0.479 e. The summed E-state index contributed by atoms with van der Waals surface area (Å²) in [5.74, 6) is -1.67. The van der Waals surface area contributed by atoms with E-state index in [2.05, 4.69) is 21.2 Å². The molecule has 1 aliphatic carbocycles. The van der Waals surface area contributed by atoms with Crippen molar-refractivity contribution in [1.29, 1.82) is 0 Å². The van der Waals surface area contributed by atoms with Gasteiger partial charge >= 0.3 is 12.1 Å². The normalized spacial score (nSPS) is 18.5. The Bertz CT molecular complexity index is 827. The second-order valence-electron chi connectivity index (χ2n) is 5.78. The number of ether oxygens (including phenoxy) is 1. The Morgan fingerprint density at radius 2 is 1.96 bits per heavy atom. The zero-order valence-corrected chi connectivity index (χ0v) is 14.7. The van der Waals surface area contributed by atoms with E-state index in [1.807, 2.05) is 18.2 Å². The molecule has 0 radical (unpaired) electrons. The number of carboxylic acid groups (broad SMARTS) is 1. The quantitative estimate of drug-likeness (QED) is 0.809. The third-order valence-electron chi connectivity index (χ3n) is 4.30. The van der Waals surface area contributed by atoms with Gasteiger partial charge in [0.1, 0.15) is 12.4 Å². The molecule has 2 aromatic rings. The van der Waals surface area contributed by atoms with Crippen LogP contribution in [0.2, 0.25) is 0 Å². The molecule has 7 heteroatoms. The number of benzene rings is 2. The molecule has 1 atom stereocenters. The van der Waals surface area contributed by atoms with Gasteiger partial charge < -0.3 is 15.2 Å². The van der Waals surface area contributed by atoms with Crippen LogP contribution in [0.4, 0.5) is 9.18 Å². The summed E-state index contributed by atoms with van der Waals surface area (Å²) < 4.78 is 19.1. The fourth-order valence-corrected chi connectivity index (χ4v) is 3.57. The number of nitrogens with one attached hydrogen (secondary N) is 1. The second-order valence-corrected chi connectivity index (χ2v) is 6.58. The minimum Gasteiger partial charge on any atom is -0.479 e. The summed E-state index contributed by atoms with van der Waals surface area (Å²) >= 11 is 3.15. The van der Waals surface area contributed by atoms with Crippen LogP contribution in [0.3, 0.4) is 0 Å². The summed E-state index contributed by atoms with van der Waals surface area (Å²) in [6.45, 7) is 0.0301. The van der Waals surface area contributed by atoms with Crippen molar-refractivity contribution < 1.29 is 23.8 Å². The van der Waals surface area contributed by atoms with E-state index in [-0.39, 0.29) is 17.5 Å². The number of carboxylic acids is 1. The van der Waals surface area contributed by atoms with Crippen LogP contribution >= 0.6 is 15.9 Å². The molecule has 5 nitrogen and oxygen atoms in total. The zero-order valence-electron chi connectivity index (χ0n) is 13.1. The van der Waals surface area contributed by atoms with Crippen LogP contribution in [-0.4, -0.2) is 17.2 Å². The molecule has 1 amide bonds. The van der Waals surface area contributed by atoms with Gasteiger partial charge in [-0.3, -0.25) is 0 Å². The lowest BCUT2D eigenvalue weighted by Gasteiger charge is -2.26. The van der Waals surface area contributed by atoms with Crippen LogP contribution in [0, 0.1) is 5.82 Å². The molecule has 2 aromatic carbocycles. The third kappa shape index (κ3) is 3.24. The molecule has 0 aromatic heterocycles. The second kappa shape index (κ2) is 6.84. The summed E-state index contributed by atoms with van der Waals surface area (Å²) in [7, 11) is 0. The number of alkyl carbamates (subject to hydrolysis) is 1. The molecule has 2 N–H and O–H groups in total. The topological polar surface area (TPSA) is 75.6 Å². The van der Waals surface area contributed by atoms with Gasteiger partial charge in [-0.15, -0.1) is 0 Å². The minimum absolute atomic E-state index is 0.0301. The van der Waals surface area contributed by atoms with Gasteiger partial charge in [-0.1, -0.05) is 36.4 Å². The van der Waals surface area contributed by atoms with E-state index < -0.39 is 23.4 Å². The van der Waals surface area contributed by atoms with Crippen molar-refractivity contribution in [3.63, 3.8) is 0 Å². The average molecular weight is 408 g/mol. The van der Waals surface area contributed by atoms with Crippen LogP contribution < -0.4 is 5.32 Å². The zero-order chi connectivity index (χ0) is 18.0. The fraction of sp³-hybridized carbons (Fsp3) is 0.222. The molecule has 130 valence electrons. The van der Waals surface area contributed by atoms with Crippen LogP contribution in [-0.2, 0) is 28.1 Å². The van der Waals surface area contributed by atoms with E-state index in [4.69, 9.17) is 4.74 Å². The first-order chi connectivity index (χ1) is 11.9. The number of carbonyl (C=O) groups excluding carboxylic acids is 1. The summed E-state index contributed by atoms with van der Waals surface area (Å²) in [5, 5.41) is 12.2.